The molecule has 150 valence electrons. The highest BCUT2D eigenvalue weighted by Gasteiger charge is 2.18. The molecule has 1 fully saturated rings. The summed E-state index contributed by atoms with van der Waals surface area (Å²) < 4.78 is 5.68. The first kappa shape index (κ1) is 19.1. The Bertz CT molecular complexity index is 929. The highest BCUT2D eigenvalue weighted by Crippen LogP contribution is 2.19. The van der Waals surface area contributed by atoms with E-state index in [1.807, 2.05) is 36.4 Å². The highest BCUT2D eigenvalue weighted by atomic mass is 16.3. The summed E-state index contributed by atoms with van der Waals surface area (Å²) in [5.41, 5.74) is 0.825. The molecule has 7 heteroatoms. The van der Waals surface area contributed by atoms with Gasteiger partial charge in [-0.15, -0.1) is 0 Å². The number of hydrogen-bond donors (Lipinski definition) is 1. The van der Waals surface area contributed by atoms with Crippen LogP contribution >= 0.6 is 0 Å². The van der Waals surface area contributed by atoms with Gasteiger partial charge in [-0.25, -0.2) is 9.97 Å². The summed E-state index contributed by atoms with van der Waals surface area (Å²) in [7, 11) is 0. The zero-order valence-electron chi connectivity index (χ0n) is 16.3. The Kier molecular flexibility index (Phi) is 6.16. The molecule has 2 aromatic heterocycles. The van der Waals surface area contributed by atoms with Crippen molar-refractivity contribution < 1.29 is 9.21 Å². The van der Waals surface area contributed by atoms with Crippen LogP contribution in [-0.2, 0) is 4.79 Å². The van der Waals surface area contributed by atoms with Crippen LogP contribution in [0.4, 0.5) is 5.95 Å². The highest BCUT2D eigenvalue weighted by molar-refractivity contribution is 5.92. The topological polar surface area (TPSA) is 74.5 Å². The van der Waals surface area contributed by atoms with E-state index in [-0.39, 0.29) is 5.91 Å². The number of carbonyl (C=O) groups excluding carboxylic acids is 1. The van der Waals surface area contributed by atoms with Crippen molar-refractivity contribution in [3.8, 4) is 0 Å². The quantitative estimate of drug-likeness (QED) is 0.493. The van der Waals surface area contributed by atoms with Crippen LogP contribution in [0.25, 0.3) is 17.0 Å². The molecule has 7 nitrogen and oxygen atoms in total. The van der Waals surface area contributed by atoms with Gasteiger partial charge >= 0.3 is 0 Å². The third-order valence-electron chi connectivity index (χ3n) is 5.00. The smallest absolute Gasteiger partial charge is 0.244 e. The molecule has 29 heavy (non-hydrogen) atoms. The standard InChI is InChI=1S/C22H25N5O2/c28-21(8-7-19-17-18-5-1-2-6-20(18)29-19)23-11-4-12-26-13-15-27(16-14-26)22-24-9-3-10-25-22/h1-3,5-10,17H,4,11-16H2,(H,23,28)/b8-7+. The molecular formula is C22H25N5O2. The van der Waals surface area contributed by atoms with Crippen LogP contribution in [-0.4, -0.2) is 60.0 Å². The molecule has 1 aliphatic rings. The molecule has 0 aliphatic carbocycles. The first-order valence-electron chi connectivity index (χ1n) is 9.97. The number of aromatic nitrogens is 2. The van der Waals surface area contributed by atoms with Crippen molar-refractivity contribution >= 4 is 28.9 Å². The van der Waals surface area contributed by atoms with E-state index in [1.54, 1.807) is 18.5 Å². The molecular weight excluding hydrogens is 366 g/mol. The number of amides is 1. The average molecular weight is 391 g/mol. The third-order valence-corrected chi connectivity index (χ3v) is 5.00. The van der Waals surface area contributed by atoms with Crippen molar-refractivity contribution in [2.24, 2.45) is 0 Å². The number of nitrogens with zero attached hydrogens (tertiary/aromatic N) is 4. The predicted molar refractivity (Wildman–Crippen MR) is 114 cm³/mol. The second kappa shape index (κ2) is 9.34. The zero-order valence-corrected chi connectivity index (χ0v) is 16.3. The molecule has 1 N–H and O–H groups in total. The van der Waals surface area contributed by atoms with Gasteiger partial charge in [-0.2, -0.15) is 0 Å². The van der Waals surface area contributed by atoms with Crippen LogP contribution in [0.15, 0.2) is 59.3 Å². The van der Waals surface area contributed by atoms with E-state index in [9.17, 15) is 4.79 Å². The first-order valence-corrected chi connectivity index (χ1v) is 9.97. The Morgan fingerprint density at radius 2 is 1.90 bits per heavy atom. The molecule has 1 saturated heterocycles. The summed E-state index contributed by atoms with van der Waals surface area (Å²) in [5, 5.41) is 3.97. The lowest BCUT2D eigenvalue weighted by molar-refractivity contribution is -0.116. The second-order valence-electron chi connectivity index (χ2n) is 7.04. The van der Waals surface area contributed by atoms with E-state index >= 15 is 0 Å². The van der Waals surface area contributed by atoms with E-state index in [4.69, 9.17) is 4.42 Å². The fourth-order valence-corrected chi connectivity index (χ4v) is 3.44. The first-order chi connectivity index (χ1) is 14.3. The van der Waals surface area contributed by atoms with Crippen molar-refractivity contribution in [1.29, 1.82) is 0 Å². The van der Waals surface area contributed by atoms with E-state index in [1.165, 1.54) is 6.08 Å². The van der Waals surface area contributed by atoms with Crippen molar-refractivity contribution in [2.45, 2.75) is 6.42 Å². The maximum absolute atomic E-state index is 12.0. The normalized spacial score (nSPS) is 15.2. The maximum Gasteiger partial charge on any atom is 0.244 e. The molecule has 0 unspecified atom stereocenters. The summed E-state index contributed by atoms with van der Waals surface area (Å²) in [4.78, 5) is 25.2. The summed E-state index contributed by atoms with van der Waals surface area (Å²) in [6.07, 6.45) is 7.71. The van der Waals surface area contributed by atoms with Gasteiger partial charge in [0.25, 0.3) is 0 Å². The Hall–Kier alpha value is -3.19. The Balaban J connectivity index is 1.14. The number of para-hydroxylation sites is 1. The van der Waals surface area contributed by atoms with Crippen LogP contribution < -0.4 is 10.2 Å². The molecule has 1 aromatic carbocycles. The van der Waals surface area contributed by atoms with Gasteiger partial charge in [-0.1, -0.05) is 18.2 Å². The van der Waals surface area contributed by atoms with Crippen LogP contribution in [0, 0.1) is 0 Å². The van der Waals surface area contributed by atoms with E-state index < -0.39 is 0 Å². The molecule has 0 spiro atoms. The van der Waals surface area contributed by atoms with Crippen LogP contribution in [0.2, 0.25) is 0 Å². The molecule has 1 amide bonds. The van der Waals surface area contributed by atoms with Gasteiger partial charge in [0.1, 0.15) is 11.3 Å². The number of furan rings is 1. The summed E-state index contributed by atoms with van der Waals surface area (Å²) in [5.74, 6) is 1.38. The van der Waals surface area contributed by atoms with Gasteiger partial charge in [-0.05, 0) is 37.2 Å². The van der Waals surface area contributed by atoms with Crippen LogP contribution in [0.3, 0.4) is 0 Å². The van der Waals surface area contributed by atoms with Crippen LogP contribution in [0.1, 0.15) is 12.2 Å². The summed E-state index contributed by atoms with van der Waals surface area (Å²) in [6, 6.07) is 11.6. The molecule has 3 heterocycles. The van der Waals surface area contributed by atoms with Crippen molar-refractivity contribution in [3.63, 3.8) is 0 Å². The molecule has 4 rings (SSSR count). The molecule has 0 bridgehead atoms. The Labute approximate surface area is 170 Å². The molecule has 3 aromatic rings. The van der Waals surface area contributed by atoms with Gasteiger partial charge < -0.3 is 14.6 Å². The van der Waals surface area contributed by atoms with Crippen LogP contribution in [0.5, 0.6) is 0 Å². The van der Waals surface area contributed by atoms with Crippen molar-refractivity contribution in [2.75, 3.05) is 44.2 Å². The number of rotatable bonds is 7. The zero-order chi connectivity index (χ0) is 19.9. The molecule has 1 aliphatic heterocycles. The molecule has 0 radical (unpaired) electrons. The third kappa shape index (κ3) is 5.20. The number of fused-ring (bicyclic) bond motifs is 1. The number of piperazine rings is 1. The van der Waals surface area contributed by atoms with E-state index in [0.717, 1.165) is 56.1 Å². The van der Waals surface area contributed by atoms with Crippen molar-refractivity contribution in [1.82, 2.24) is 20.2 Å². The van der Waals surface area contributed by atoms with E-state index in [2.05, 4.69) is 25.1 Å². The van der Waals surface area contributed by atoms with E-state index in [0.29, 0.717) is 12.3 Å². The largest absolute Gasteiger partial charge is 0.457 e. The lowest BCUT2D eigenvalue weighted by atomic mass is 10.2. The second-order valence-corrected chi connectivity index (χ2v) is 7.04. The SMILES string of the molecule is O=C(/C=C/c1cc2ccccc2o1)NCCCN1CCN(c2ncccn2)CC1. The number of carbonyl (C=O) groups is 1. The Morgan fingerprint density at radius 3 is 2.69 bits per heavy atom. The summed E-state index contributed by atoms with van der Waals surface area (Å²) in [6.45, 7) is 5.45. The number of anilines is 1. The number of nitrogens with one attached hydrogen (secondary N) is 1. The van der Waals surface area contributed by atoms with Gasteiger partial charge in [0.2, 0.25) is 11.9 Å². The predicted octanol–water partition coefficient (Wildman–Crippen LogP) is 2.56. The minimum atomic E-state index is -0.100. The number of hydrogen-bond acceptors (Lipinski definition) is 6. The van der Waals surface area contributed by atoms with Gasteiger partial charge in [0.15, 0.2) is 0 Å². The minimum Gasteiger partial charge on any atom is -0.457 e. The average Bonchev–Trinajstić information content (AvgIpc) is 3.19. The fraction of sp³-hybridized carbons (Fsp3) is 0.318. The molecule has 0 saturated carbocycles. The van der Waals surface area contributed by atoms with Gasteiger partial charge in [0.05, 0.1) is 0 Å². The van der Waals surface area contributed by atoms with Crippen molar-refractivity contribution in [3.05, 3.63) is 60.6 Å². The Morgan fingerprint density at radius 1 is 1.10 bits per heavy atom. The number of benzene rings is 1. The monoisotopic (exact) mass is 391 g/mol. The maximum atomic E-state index is 12.0. The fourth-order valence-electron chi connectivity index (χ4n) is 3.44. The summed E-state index contributed by atoms with van der Waals surface area (Å²) >= 11 is 0. The lowest BCUT2D eigenvalue weighted by Crippen LogP contribution is -2.47. The minimum absolute atomic E-state index is 0.100. The van der Waals surface area contributed by atoms with Gasteiger partial charge in [0, 0.05) is 56.6 Å². The van der Waals surface area contributed by atoms with Gasteiger partial charge in [-0.3, -0.25) is 9.69 Å². The lowest BCUT2D eigenvalue weighted by Gasteiger charge is -2.34. The molecule has 0 atom stereocenters.